The molecule has 18 heteroatoms. The average Bonchev–Trinajstić information content (AvgIpc) is 3.79. The van der Waals surface area contributed by atoms with E-state index in [4.69, 9.17) is 56.8 Å². The smallest absolute Gasteiger partial charge is 0.331 e. The molecule has 3 saturated carbocycles. The highest BCUT2D eigenvalue weighted by molar-refractivity contribution is 5.87. The summed E-state index contributed by atoms with van der Waals surface area (Å²) in [6, 6.07) is 9.46. The number of aliphatic hydroxyl groups excluding tert-OH is 2. The molecule has 4 aliphatic heterocycles. The predicted octanol–water partition coefficient (Wildman–Crippen LogP) is 5.47. The molecule has 1 aromatic carbocycles. The van der Waals surface area contributed by atoms with Gasteiger partial charge >= 0.3 is 5.97 Å². The summed E-state index contributed by atoms with van der Waals surface area (Å²) in [4.78, 5) is 26.9. The van der Waals surface area contributed by atoms with Gasteiger partial charge in [0.25, 0.3) is 0 Å². The van der Waals surface area contributed by atoms with E-state index < -0.39 is 144 Å². The second kappa shape index (κ2) is 22.8. The van der Waals surface area contributed by atoms with Crippen molar-refractivity contribution in [1.82, 2.24) is 0 Å². The van der Waals surface area contributed by atoms with Crippen molar-refractivity contribution in [2.75, 3.05) is 21.3 Å². The second-order valence-electron chi connectivity index (χ2n) is 23.3. The number of carbonyl (C=O) groups excluding carboxylic acids is 2. The van der Waals surface area contributed by atoms with Gasteiger partial charge in [-0.3, -0.25) is 4.79 Å². The fraction of sp³-hybridized carbons (Fsp3) is 0.789. The van der Waals surface area contributed by atoms with Crippen LogP contribution in [0.15, 0.2) is 48.1 Å². The van der Waals surface area contributed by atoms with E-state index in [9.17, 15) is 30.0 Å². The summed E-state index contributed by atoms with van der Waals surface area (Å²) in [5.74, 6) is -1.70. The molecule has 4 N–H and O–H groups in total. The minimum Gasteiger partial charge on any atom is -0.458 e. The Morgan fingerprint density at radius 2 is 1.23 bits per heavy atom. The Bertz CT molecular complexity index is 2180. The first-order valence-electron chi connectivity index (χ1n) is 27.4. The summed E-state index contributed by atoms with van der Waals surface area (Å²) < 4.78 is 75.0. The number of Topliss-reactive ketones (excluding diaryl/α,β-unsaturated/α-hetero) is 1. The quantitative estimate of drug-likeness (QED) is 0.0971. The van der Waals surface area contributed by atoms with Crippen molar-refractivity contribution in [2.24, 2.45) is 22.7 Å². The summed E-state index contributed by atoms with van der Waals surface area (Å²) in [5, 5.41) is 47.6. The molecule has 18 nitrogen and oxygen atoms in total. The normalized spacial score (nSPS) is 48.1. The van der Waals surface area contributed by atoms with E-state index in [1.54, 1.807) is 27.2 Å². The third-order valence-electron chi connectivity index (χ3n) is 19.1. The van der Waals surface area contributed by atoms with Gasteiger partial charge in [0.15, 0.2) is 25.2 Å². The van der Waals surface area contributed by atoms with Crippen LogP contribution >= 0.6 is 0 Å². The number of hydrogen-bond acceptors (Lipinski definition) is 18. The third kappa shape index (κ3) is 10.8. The van der Waals surface area contributed by atoms with E-state index in [0.29, 0.717) is 51.4 Å². The Balaban J connectivity index is 0.798. The molecular formula is C57H84O18. The van der Waals surface area contributed by atoms with Crippen molar-refractivity contribution >= 4 is 17.8 Å². The molecule has 9 rings (SSSR count). The van der Waals surface area contributed by atoms with E-state index in [0.717, 1.165) is 11.1 Å². The lowest BCUT2D eigenvalue weighted by Gasteiger charge is -2.66. The zero-order valence-electron chi connectivity index (χ0n) is 45.4. The zero-order chi connectivity index (χ0) is 53.8. The van der Waals surface area contributed by atoms with Crippen LogP contribution in [0.4, 0.5) is 0 Å². The monoisotopic (exact) mass is 1060 g/mol. The molecule has 4 saturated heterocycles. The van der Waals surface area contributed by atoms with Gasteiger partial charge in [-0.15, -0.1) is 0 Å². The standard InChI is InChI=1S/C57H84O18/c1-30(58)38-20-23-57(63)55(38,7)44(72-45(60)17-16-35-14-12-11-13-15-35)29-43-54(6)21-19-37(24-36(54)18-22-56(43,57)62)71-47-27-41(65-9)53(33(4)69-47)75-49-28-42(66-10)52(34(5)70-49)74-46-25-39(59)51(32(3)68-46)73-48-26-40(64-8)50(61)31(2)67-48/h11-18,31-34,37-44,46-53,59,61-63H,19-29H2,1-10H3/b17-16+/t31-,32-,33-,34-,37+,38+,39+,40-,41+,42+,43-,44-,46+,47+,48+,49+,50-,51-,52-,53-,54+,55+,56+,57-/m1/s1. The van der Waals surface area contributed by atoms with Crippen molar-refractivity contribution < 1.29 is 86.9 Å². The molecule has 4 aliphatic carbocycles. The number of methoxy groups -OCH3 is 3. The highest BCUT2D eigenvalue weighted by Crippen LogP contribution is 2.70. The van der Waals surface area contributed by atoms with Crippen molar-refractivity contribution in [3.05, 3.63) is 53.6 Å². The molecule has 7 fully saturated rings. The zero-order valence-corrected chi connectivity index (χ0v) is 45.4. The number of ketones is 1. The van der Waals surface area contributed by atoms with Crippen LogP contribution in [0, 0.1) is 22.7 Å². The molecule has 8 aliphatic rings. The van der Waals surface area contributed by atoms with Crippen molar-refractivity contribution in [1.29, 1.82) is 0 Å². The molecule has 4 heterocycles. The summed E-state index contributed by atoms with van der Waals surface area (Å²) >= 11 is 0. The van der Waals surface area contributed by atoms with Crippen molar-refractivity contribution in [3.63, 3.8) is 0 Å². The SMILES string of the molecule is CO[C@H]1C[C@H](O[C@H]2CC[C@@]3(C)C(=CC[C@]4(O)[C@@H]3C[C@@H](OC(=O)/C=C/c3ccccc3)[C@]3(C)[C@H](C(C)=O)CC[C@@]34O)C2)O[C@H](C)[C@H]1O[C@H]1C[C@H](OC)[C@H](O[C@H]2C[C@H](O)[C@H](O[C@H]3C[C@@H](OC)[C@H](O)[C@@H](C)O3)[C@@H](C)O2)[C@@H](C)O1. The van der Waals surface area contributed by atoms with E-state index in [2.05, 4.69) is 13.0 Å². The van der Waals surface area contributed by atoms with Gasteiger partial charge in [-0.05, 0) is 96.6 Å². The first-order valence-corrected chi connectivity index (χ1v) is 27.4. The average molecular weight is 1060 g/mol. The fourth-order valence-corrected chi connectivity index (χ4v) is 14.8. The number of hydrogen-bond donors (Lipinski definition) is 4. The number of ether oxygens (including phenoxy) is 12. The van der Waals surface area contributed by atoms with Crippen molar-refractivity contribution in [2.45, 2.75) is 241 Å². The van der Waals surface area contributed by atoms with Crippen LogP contribution in [0.5, 0.6) is 0 Å². The number of fused-ring (bicyclic) bond motifs is 5. The van der Waals surface area contributed by atoms with Gasteiger partial charge in [-0.1, -0.05) is 55.8 Å². The largest absolute Gasteiger partial charge is 0.458 e. The van der Waals surface area contributed by atoms with Gasteiger partial charge in [0, 0.05) is 70.3 Å². The van der Waals surface area contributed by atoms with Crippen LogP contribution in [-0.2, 0) is 66.4 Å². The van der Waals surface area contributed by atoms with Gasteiger partial charge < -0.3 is 77.3 Å². The van der Waals surface area contributed by atoms with Gasteiger partial charge in [-0.2, -0.15) is 0 Å². The molecule has 0 spiro atoms. The lowest BCUT2D eigenvalue weighted by atomic mass is 9.43. The van der Waals surface area contributed by atoms with Gasteiger partial charge in [0.1, 0.15) is 47.5 Å². The molecule has 0 radical (unpaired) electrons. The minimum atomic E-state index is -1.69. The first-order chi connectivity index (χ1) is 35.7. The van der Waals surface area contributed by atoms with Crippen molar-refractivity contribution in [3.8, 4) is 0 Å². The molecule has 24 atom stereocenters. The lowest BCUT2D eigenvalue weighted by Crippen LogP contribution is -2.75. The lowest BCUT2D eigenvalue weighted by molar-refractivity contribution is -0.346. The number of rotatable bonds is 15. The Kier molecular flexibility index (Phi) is 17.3. The second-order valence-corrected chi connectivity index (χ2v) is 23.3. The van der Waals surface area contributed by atoms with E-state index >= 15 is 0 Å². The molecule has 75 heavy (non-hydrogen) atoms. The molecular weight excluding hydrogens is 973 g/mol. The molecule has 0 bridgehead atoms. The maximum Gasteiger partial charge on any atom is 0.331 e. The molecule has 420 valence electrons. The number of esters is 1. The summed E-state index contributed by atoms with van der Waals surface area (Å²) in [6.45, 7) is 12.9. The summed E-state index contributed by atoms with van der Waals surface area (Å²) in [5.41, 5.74) is -3.03. The van der Waals surface area contributed by atoms with Gasteiger partial charge in [0.05, 0.1) is 54.9 Å². The highest BCUT2D eigenvalue weighted by Gasteiger charge is 2.77. The van der Waals surface area contributed by atoms with Gasteiger partial charge in [-0.25, -0.2) is 4.79 Å². The topological polar surface area (TPSA) is 226 Å². The van der Waals surface area contributed by atoms with Gasteiger partial charge in [0.2, 0.25) is 0 Å². The molecule has 0 unspecified atom stereocenters. The first kappa shape index (κ1) is 56.9. The van der Waals surface area contributed by atoms with Crippen LogP contribution < -0.4 is 0 Å². The van der Waals surface area contributed by atoms with E-state index in [1.165, 1.54) is 20.1 Å². The van der Waals surface area contributed by atoms with Crippen LogP contribution in [0.3, 0.4) is 0 Å². The molecule has 0 amide bonds. The van der Waals surface area contributed by atoms with E-state index in [-0.39, 0.29) is 31.1 Å². The van der Waals surface area contributed by atoms with Crippen LogP contribution in [0.2, 0.25) is 0 Å². The number of aliphatic hydroxyl groups is 4. The maximum atomic E-state index is 13.6. The Morgan fingerprint density at radius 1 is 0.680 bits per heavy atom. The fourth-order valence-electron chi connectivity index (χ4n) is 14.8. The Hall–Kier alpha value is -2.76. The third-order valence-corrected chi connectivity index (χ3v) is 19.1. The summed E-state index contributed by atoms with van der Waals surface area (Å²) in [7, 11) is 4.80. The molecule has 0 aromatic heterocycles. The maximum absolute atomic E-state index is 13.6. The minimum absolute atomic E-state index is 0.0903. The highest BCUT2D eigenvalue weighted by atomic mass is 16.8. The Morgan fingerprint density at radius 3 is 1.81 bits per heavy atom. The number of benzene rings is 1. The predicted molar refractivity (Wildman–Crippen MR) is 269 cm³/mol. The van der Waals surface area contributed by atoms with Crippen LogP contribution in [-0.4, -0.2) is 175 Å². The van der Waals surface area contributed by atoms with E-state index in [1.807, 2.05) is 58.0 Å². The van der Waals surface area contributed by atoms with Crippen LogP contribution in [0.1, 0.15) is 125 Å². The van der Waals surface area contributed by atoms with Crippen LogP contribution in [0.25, 0.3) is 6.08 Å². The molecule has 1 aromatic rings. The summed E-state index contributed by atoms with van der Waals surface area (Å²) in [6.07, 6.45) is -1.03. The Labute approximate surface area is 441 Å². The number of carbonyl (C=O) groups is 2.